The van der Waals surface area contributed by atoms with Gasteiger partial charge >= 0.3 is 0 Å². The van der Waals surface area contributed by atoms with Crippen LogP contribution in [0.2, 0.25) is 0 Å². The maximum atomic E-state index is 12.2. The molecule has 1 atom stereocenters. The second-order valence-electron chi connectivity index (χ2n) is 5.49. The Morgan fingerprint density at radius 3 is 2.55 bits per heavy atom. The third-order valence-electron chi connectivity index (χ3n) is 3.79. The topological polar surface area (TPSA) is 64.3 Å². The second kappa shape index (κ2) is 7.17. The molecule has 110 valence electrons. The number of anilines is 1. The van der Waals surface area contributed by atoms with Gasteiger partial charge in [0.05, 0.1) is 5.69 Å². The minimum atomic E-state index is -0.525. The molecule has 0 radical (unpaired) electrons. The molecule has 3 N–H and O–H groups in total. The van der Waals surface area contributed by atoms with Crippen LogP contribution in [-0.4, -0.2) is 18.1 Å². The first kappa shape index (κ1) is 14.7. The van der Waals surface area contributed by atoms with E-state index in [9.17, 15) is 4.79 Å². The van der Waals surface area contributed by atoms with E-state index < -0.39 is 6.10 Å². The molecule has 20 heavy (non-hydrogen) atoms. The number of hydrogen-bond donors (Lipinski definition) is 2. The Morgan fingerprint density at radius 1 is 1.25 bits per heavy atom. The molecule has 1 aromatic rings. The summed E-state index contributed by atoms with van der Waals surface area (Å²) in [6.07, 6.45) is 6.58. The smallest absolute Gasteiger partial charge is 0.260 e. The van der Waals surface area contributed by atoms with Crippen LogP contribution in [0.25, 0.3) is 0 Å². The van der Waals surface area contributed by atoms with E-state index in [2.05, 4.69) is 5.32 Å². The fourth-order valence-electron chi connectivity index (χ4n) is 2.57. The summed E-state index contributed by atoms with van der Waals surface area (Å²) in [7, 11) is 0. The third-order valence-corrected chi connectivity index (χ3v) is 3.79. The van der Waals surface area contributed by atoms with E-state index in [1.807, 2.05) is 12.1 Å². The number of carbonyl (C=O) groups is 1. The lowest BCUT2D eigenvalue weighted by atomic mass is 10.1. The number of amides is 1. The van der Waals surface area contributed by atoms with Crippen LogP contribution in [0.3, 0.4) is 0 Å². The average Bonchev–Trinajstić information content (AvgIpc) is 2.70. The highest BCUT2D eigenvalue weighted by Crippen LogP contribution is 2.21. The van der Waals surface area contributed by atoms with Crippen molar-refractivity contribution >= 4 is 11.6 Å². The fourth-order valence-corrected chi connectivity index (χ4v) is 2.57. The number of nitrogens with two attached hydrogens (primary N) is 1. The molecule has 1 aliphatic rings. The van der Waals surface area contributed by atoms with Crippen molar-refractivity contribution in [3.05, 3.63) is 24.3 Å². The van der Waals surface area contributed by atoms with Gasteiger partial charge < -0.3 is 15.8 Å². The minimum Gasteiger partial charge on any atom is -0.479 e. The Labute approximate surface area is 120 Å². The molecule has 4 heteroatoms. The summed E-state index contributed by atoms with van der Waals surface area (Å²) in [6, 6.07) is 7.54. The van der Waals surface area contributed by atoms with Gasteiger partial charge in [0, 0.05) is 6.04 Å². The molecular weight excluding hydrogens is 252 g/mol. The molecule has 2 rings (SSSR count). The van der Waals surface area contributed by atoms with Crippen LogP contribution in [-0.2, 0) is 4.79 Å². The van der Waals surface area contributed by atoms with Crippen molar-refractivity contribution in [2.75, 3.05) is 5.73 Å². The number of nitrogens with one attached hydrogen (secondary N) is 1. The average molecular weight is 276 g/mol. The maximum Gasteiger partial charge on any atom is 0.260 e. The van der Waals surface area contributed by atoms with Crippen molar-refractivity contribution in [2.45, 2.75) is 57.6 Å². The predicted octanol–water partition coefficient (Wildman–Crippen LogP) is 2.88. The SMILES string of the molecule is CC(Oc1ccccc1N)C(=O)NC1CCCCCC1. The molecule has 1 amide bonds. The summed E-state index contributed by atoms with van der Waals surface area (Å²) in [5.74, 6) is 0.510. The van der Waals surface area contributed by atoms with E-state index in [-0.39, 0.29) is 5.91 Å². The van der Waals surface area contributed by atoms with E-state index >= 15 is 0 Å². The Kier molecular flexibility index (Phi) is 5.27. The van der Waals surface area contributed by atoms with Gasteiger partial charge in [0.1, 0.15) is 5.75 Å². The number of benzene rings is 1. The van der Waals surface area contributed by atoms with Crippen molar-refractivity contribution in [3.8, 4) is 5.75 Å². The van der Waals surface area contributed by atoms with Gasteiger partial charge in [-0.2, -0.15) is 0 Å². The maximum absolute atomic E-state index is 12.2. The van der Waals surface area contributed by atoms with Gasteiger partial charge in [-0.05, 0) is 31.9 Å². The van der Waals surface area contributed by atoms with E-state index in [4.69, 9.17) is 10.5 Å². The Morgan fingerprint density at radius 2 is 1.90 bits per heavy atom. The molecule has 1 aromatic carbocycles. The zero-order valence-electron chi connectivity index (χ0n) is 12.1. The molecule has 0 aromatic heterocycles. The number of hydrogen-bond acceptors (Lipinski definition) is 3. The molecule has 0 saturated heterocycles. The highest BCUT2D eigenvalue weighted by atomic mass is 16.5. The monoisotopic (exact) mass is 276 g/mol. The zero-order chi connectivity index (χ0) is 14.4. The number of nitrogen functional groups attached to an aromatic ring is 1. The van der Waals surface area contributed by atoms with Gasteiger partial charge in [-0.1, -0.05) is 37.8 Å². The summed E-state index contributed by atoms with van der Waals surface area (Å²) in [5.41, 5.74) is 6.37. The van der Waals surface area contributed by atoms with Crippen LogP contribution in [0.5, 0.6) is 5.75 Å². The third kappa shape index (κ3) is 4.15. The van der Waals surface area contributed by atoms with Gasteiger partial charge in [-0.3, -0.25) is 4.79 Å². The standard InChI is InChI=1S/C16H24N2O2/c1-12(20-15-11-7-6-10-14(15)17)16(19)18-13-8-4-2-3-5-9-13/h6-7,10-13H,2-5,8-9,17H2,1H3,(H,18,19). The van der Waals surface area contributed by atoms with E-state index in [1.54, 1.807) is 19.1 Å². The van der Waals surface area contributed by atoms with Crippen LogP contribution in [0.15, 0.2) is 24.3 Å². The Bertz CT molecular complexity index is 440. The molecule has 0 spiro atoms. The van der Waals surface area contributed by atoms with Gasteiger partial charge in [0.25, 0.3) is 5.91 Å². The van der Waals surface area contributed by atoms with Gasteiger partial charge in [0.15, 0.2) is 6.10 Å². The molecule has 1 aliphatic carbocycles. The van der Waals surface area contributed by atoms with Crippen LogP contribution in [0.1, 0.15) is 45.4 Å². The first-order valence-corrected chi connectivity index (χ1v) is 7.48. The Hall–Kier alpha value is -1.71. The lowest BCUT2D eigenvalue weighted by Crippen LogP contribution is -2.42. The van der Waals surface area contributed by atoms with Crippen molar-refractivity contribution in [1.29, 1.82) is 0 Å². The lowest BCUT2D eigenvalue weighted by molar-refractivity contribution is -0.128. The quantitative estimate of drug-likeness (QED) is 0.656. The van der Waals surface area contributed by atoms with Crippen molar-refractivity contribution < 1.29 is 9.53 Å². The van der Waals surface area contributed by atoms with Crippen molar-refractivity contribution in [1.82, 2.24) is 5.32 Å². The van der Waals surface area contributed by atoms with Gasteiger partial charge in [-0.25, -0.2) is 0 Å². The molecule has 0 bridgehead atoms. The largest absolute Gasteiger partial charge is 0.479 e. The van der Waals surface area contributed by atoms with E-state index in [0.717, 1.165) is 12.8 Å². The summed E-state index contributed by atoms with van der Waals surface area (Å²) < 4.78 is 5.64. The fraction of sp³-hybridized carbons (Fsp3) is 0.562. The lowest BCUT2D eigenvalue weighted by Gasteiger charge is -2.20. The molecule has 0 heterocycles. The normalized spacial score (nSPS) is 18.1. The first-order chi connectivity index (χ1) is 9.66. The molecular formula is C16H24N2O2. The first-order valence-electron chi connectivity index (χ1n) is 7.48. The van der Waals surface area contributed by atoms with Crippen molar-refractivity contribution in [3.63, 3.8) is 0 Å². The Balaban J connectivity index is 1.87. The van der Waals surface area contributed by atoms with Gasteiger partial charge in [0.2, 0.25) is 0 Å². The molecule has 1 saturated carbocycles. The highest BCUT2D eigenvalue weighted by Gasteiger charge is 2.20. The summed E-state index contributed by atoms with van der Waals surface area (Å²) in [6.45, 7) is 1.76. The number of ether oxygens (including phenoxy) is 1. The second-order valence-corrected chi connectivity index (χ2v) is 5.49. The molecule has 0 aliphatic heterocycles. The molecule has 1 unspecified atom stereocenters. The molecule has 4 nitrogen and oxygen atoms in total. The van der Waals surface area contributed by atoms with E-state index in [0.29, 0.717) is 17.5 Å². The summed E-state index contributed by atoms with van der Waals surface area (Å²) >= 11 is 0. The molecule has 1 fully saturated rings. The number of rotatable bonds is 4. The predicted molar refractivity (Wildman–Crippen MR) is 80.6 cm³/mol. The van der Waals surface area contributed by atoms with Gasteiger partial charge in [-0.15, -0.1) is 0 Å². The van der Waals surface area contributed by atoms with Crippen molar-refractivity contribution in [2.24, 2.45) is 0 Å². The number of carbonyl (C=O) groups excluding carboxylic acids is 1. The number of para-hydroxylation sites is 2. The minimum absolute atomic E-state index is 0.0554. The van der Waals surface area contributed by atoms with E-state index in [1.165, 1.54) is 25.7 Å². The summed E-state index contributed by atoms with van der Waals surface area (Å²) in [4.78, 5) is 12.2. The zero-order valence-corrected chi connectivity index (χ0v) is 12.1. The van der Waals surface area contributed by atoms with Crippen LogP contribution in [0.4, 0.5) is 5.69 Å². The van der Waals surface area contributed by atoms with Crippen LogP contribution in [0, 0.1) is 0 Å². The summed E-state index contributed by atoms with van der Waals surface area (Å²) in [5, 5.41) is 3.09. The van der Waals surface area contributed by atoms with Crippen LogP contribution >= 0.6 is 0 Å². The van der Waals surface area contributed by atoms with Crippen LogP contribution < -0.4 is 15.8 Å². The highest BCUT2D eigenvalue weighted by molar-refractivity contribution is 5.81.